The van der Waals surface area contributed by atoms with Gasteiger partial charge >= 0.3 is 0 Å². The predicted octanol–water partition coefficient (Wildman–Crippen LogP) is 3.83. The van der Waals surface area contributed by atoms with Crippen LogP contribution in [0.5, 0.6) is 5.75 Å². The Labute approximate surface area is 130 Å². The van der Waals surface area contributed by atoms with Gasteiger partial charge in [-0.3, -0.25) is 10.1 Å². The monoisotopic (exact) mass is 315 g/mol. The van der Waals surface area contributed by atoms with Gasteiger partial charge in [-0.15, -0.1) is 0 Å². The summed E-state index contributed by atoms with van der Waals surface area (Å²) in [5.41, 5.74) is 1.94. The van der Waals surface area contributed by atoms with Crippen LogP contribution in [0.1, 0.15) is 5.56 Å². The van der Waals surface area contributed by atoms with Crippen molar-refractivity contribution >= 4 is 32.4 Å². The molecule has 0 aliphatic heterocycles. The van der Waals surface area contributed by atoms with Crippen LogP contribution in [0.25, 0.3) is 10.2 Å². The largest absolute Gasteiger partial charge is 0.497 e. The Morgan fingerprint density at radius 1 is 1.27 bits per heavy atom. The van der Waals surface area contributed by atoms with Crippen molar-refractivity contribution in [1.29, 1.82) is 0 Å². The first-order valence-electron chi connectivity index (χ1n) is 6.57. The standard InChI is InChI=1S/C15H13N3O3S/c1-21-12-5-2-10(3-6-12)9-16-15-17-13-7-4-11(18(19)20)8-14(13)22-15/h2-8H,9H2,1H3,(H,16,17). The van der Waals surface area contributed by atoms with Gasteiger partial charge in [0.25, 0.3) is 5.69 Å². The molecule has 112 valence electrons. The number of rotatable bonds is 5. The molecule has 0 amide bonds. The van der Waals surface area contributed by atoms with E-state index in [1.165, 1.54) is 17.4 Å². The normalized spacial score (nSPS) is 10.6. The van der Waals surface area contributed by atoms with E-state index < -0.39 is 4.92 Å². The molecule has 0 unspecified atom stereocenters. The summed E-state index contributed by atoms with van der Waals surface area (Å²) in [5.74, 6) is 0.816. The topological polar surface area (TPSA) is 77.3 Å². The fourth-order valence-electron chi connectivity index (χ4n) is 2.02. The van der Waals surface area contributed by atoms with Gasteiger partial charge in [-0.1, -0.05) is 23.5 Å². The van der Waals surface area contributed by atoms with E-state index in [0.717, 1.165) is 26.7 Å². The number of anilines is 1. The number of thiazole rings is 1. The van der Waals surface area contributed by atoms with Gasteiger partial charge in [0.1, 0.15) is 5.75 Å². The molecule has 0 radical (unpaired) electrons. The Bertz CT molecular complexity index is 815. The third kappa shape index (κ3) is 2.99. The second-order valence-corrected chi connectivity index (χ2v) is 5.66. The molecule has 1 heterocycles. The maximum absolute atomic E-state index is 10.8. The maximum Gasteiger partial charge on any atom is 0.270 e. The van der Waals surface area contributed by atoms with Crippen LogP contribution in [0.3, 0.4) is 0 Å². The number of nitrogens with one attached hydrogen (secondary N) is 1. The number of ether oxygens (including phenoxy) is 1. The Morgan fingerprint density at radius 3 is 2.73 bits per heavy atom. The third-order valence-electron chi connectivity index (χ3n) is 3.19. The number of nitro benzene ring substituents is 1. The highest BCUT2D eigenvalue weighted by Gasteiger charge is 2.10. The summed E-state index contributed by atoms with van der Waals surface area (Å²) in [5, 5.41) is 14.8. The van der Waals surface area contributed by atoms with E-state index in [4.69, 9.17) is 4.74 Å². The average molecular weight is 315 g/mol. The van der Waals surface area contributed by atoms with Crippen molar-refractivity contribution in [2.24, 2.45) is 0 Å². The quantitative estimate of drug-likeness (QED) is 0.572. The number of aromatic nitrogens is 1. The molecule has 3 aromatic rings. The Balaban J connectivity index is 1.74. The third-order valence-corrected chi connectivity index (χ3v) is 4.16. The lowest BCUT2D eigenvalue weighted by atomic mass is 10.2. The fourth-order valence-corrected chi connectivity index (χ4v) is 2.92. The summed E-state index contributed by atoms with van der Waals surface area (Å²) in [4.78, 5) is 14.8. The number of benzene rings is 2. The van der Waals surface area contributed by atoms with Crippen LogP contribution in [-0.4, -0.2) is 17.0 Å². The van der Waals surface area contributed by atoms with E-state index >= 15 is 0 Å². The molecule has 0 bridgehead atoms. The van der Waals surface area contributed by atoms with E-state index in [1.807, 2.05) is 24.3 Å². The van der Waals surface area contributed by atoms with Crippen LogP contribution in [-0.2, 0) is 6.54 Å². The number of methoxy groups -OCH3 is 1. The van der Waals surface area contributed by atoms with Gasteiger partial charge in [-0.05, 0) is 23.8 Å². The molecule has 0 saturated heterocycles. The summed E-state index contributed by atoms with van der Waals surface area (Å²) in [6.45, 7) is 0.631. The van der Waals surface area contributed by atoms with E-state index in [9.17, 15) is 10.1 Å². The molecule has 22 heavy (non-hydrogen) atoms. The van der Waals surface area contributed by atoms with Crippen molar-refractivity contribution in [3.8, 4) is 5.75 Å². The van der Waals surface area contributed by atoms with Crippen molar-refractivity contribution in [1.82, 2.24) is 4.98 Å². The zero-order valence-corrected chi connectivity index (χ0v) is 12.6. The molecule has 0 spiro atoms. The van der Waals surface area contributed by atoms with Crippen molar-refractivity contribution in [3.05, 3.63) is 58.1 Å². The predicted molar refractivity (Wildman–Crippen MR) is 86.6 cm³/mol. The second kappa shape index (κ2) is 5.98. The molecular weight excluding hydrogens is 302 g/mol. The highest BCUT2D eigenvalue weighted by molar-refractivity contribution is 7.22. The van der Waals surface area contributed by atoms with Crippen molar-refractivity contribution < 1.29 is 9.66 Å². The fraction of sp³-hybridized carbons (Fsp3) is 0.133. The number of nitro groups is 1. The molecule has 1 aromatic heterocycles. The van der Waals surface area contributed by atoms with Gasteiger partial charge in [-0.2, -0.15) is 0 Å². The summed E-state index contributed by atoms with van der Waals surface area (Å²) in [6.07, 6.45) is 0. The minimum absolute atomic E-state index is 0.0813. The van der Waals surface area contributed by atoms with Gasteiger partial charge in [0, 0.05) is 18.7 Å². The molecule has 0 aliphatic carbocycles. The van der Waals surface area contributed by atoms with Crippen LogP contribution in [0.4, 0.5) is 10.8 Å². The Hall–Kier alpha value is -2.67. The van der Waals surface area contributed by atoms with E-state index in [2.05, 4.69) is 10.3 Å². The van der Waals surface area contributed by atoms with Crippen molar-refractivity contribution in [3.63, 3.8) is 0 Å². The zero-order valence-electron chi connectivity index (χ0n) is 11.8. The molecule has 3 rings (SSSR count). The van der Waals surface area contributed by atoms with Crippen LogP contribution in [0.2, 0.25) is 0 Å². The molecular formula is C15H13N3O3S. The van der Waals surface area contributed by atoms with Crippen molar-refractivity contribution in [2.75, 3.05) is 12.4 Å². The molecule has 2 aromatic carbocycles. The van der Waals surface area contributed by atoms with E-state index in [1.54, 1.807) is 19.2 Å². The number of hydrogen-bond donors (Lipinski definition) is 1. The van der Waals surface area contributed by atoms with Gasteiger partial charge in [0.2, 0.25) is 0 Å². The zero-order chi connectivity index (χ0) is 15.5. The summed E-state index contributed by atoms with van der Waals surface area (Å²) in [7, 11) is 1.63. The number of nitrogens with zero attached hydrogens (tertiary/aromatic N) is 2. The highest BCUT2D eigenvalue weighted by atomic mass is 32.1. The van der Waals surface area contributed by atoms with Crippen LogP contribution in [0.15, 0.2) is 42.5 Å². The lowest BCUT2D eigenvalue weighted by molar-refractivity contribution is -0.384. The van der Waals surface area contributed by atoms with Gasteiger partial charge in [-0.25, -0.2) is 4.98 Å². The Kier molecular flexibility index (Phi) is 3.88. The smallest absolute Gasteiger partial charge is 0.270 e. The van der Waals surface area contributed by atoms with Gasteiger partial charge < -0.3 is 10.1 Å². The summed E-state index contributed by atoms with van der Waals surface area (Å²) >= 11 is 1.40. The molecule has 6 nitrogen and oxygen atoms in total. The van der Waals surface area contributed by atoms with Crippen LogP contribution < -0.4 is 10.1 Å². The number of hydrogen-bond acceptors (Lipinski definition) is 6. The first-order valence-corrected chi connectivity index (χ1v) is 7.39. The Morgan fingerprint density at radius 2 is 2.05 bits per heavy atom. The number of fused-ring (bicyclic) bond motifs is 1. The lowest BCUT2D eigenvalue weighted by Gasteiger charge is -2.04. The van der Waals surface area contributed by atoms with Crippen molar-refractivity contribution in [2.45, 2.75) is 6.54 Å². The van der Waals surface area contributed by atoms with Gasteiger partial charge in [0.05, 0.1) is 22.2 Å². The molecule has 0 aliphatic rings. The highest BCUT2D eigenvalue weighted by Crippen LogP contribution is 2.29. The number of non-ortho nitro benzene ring substituents is 1. The van der Waals surface area contributed by atoms with Crippen LogP contribution in [0, 0.1) is 10.1 Å². The summed E-state index contributed by atoms with van der Waals surface area (Å²) < 4.78 is 5.91. The van der Waals surface area contributed by atoms with Gasteiger partial charge in [0.15, 0.2) is 5.13 Å². The van der Waals surface area contributed by atoms with E-state index in [-0.39, 0.29) is 5.69 Å². The lowest BCUT2D eigenvalue weighted by Crippen LogP contribution is -1.98. The first-order chi connectivity index (χ1) is 10.7. The molecule has 0 saturated carbocycles. The minimum Gasteiger partial charge on any atom is -0.497 e. The second-order valence-electron chi connectivity index (χ2n) is 4.63. The molecule has 1 N–H and O–H groups in total. The summed E-state index contributed by atoms with van der Waals surface area (Å²) in [6, 6.07) is 12.4. The van der Waals surface area contributed by atoms with E-state index in [0.29, 0.717) is 6.54 Å². The molecule has 7 heteroatoms. The van der Waals surface area contributed by atoms with Crippen LogP contribution >= 0.6 is 11.3 Å². The SMILES string of the molecule is COc1ccc(CNc2nc3ccc([N+](=O)[O-])cc3s2)cc1. The maximum atomic E-state index is 10.8. The average Bonchev–Trinajstić information content (AvgIpc) is 2.95. The minimum atomic E-state index is -0.399. The molecule has 0 fully saturated rings. The molecule has 0 atom stereocenters. The first kappa shape index (κ1) is 14.3.